The van der Waals surface area contributed by atoms with Crippen LogP contribution in [0.4, 0.5) is 11.4 Å². The Kier molecular flexibility index (Phi) is 4.57. The van der Waals surface area contributed by atoms with E-state index in [2.05, 4.69) is 10.6 Å². The quantitative estimate of drug-likeness (QED) is 0.580. The molecule has 0 saturated carbocycles. The number of carbonyl (C=O) groups excluding carboxylic acids is 1. The molecule has 0 fully saturated rings. The summed E-state index contributed by atoms with van der Waals surface area (Å²) in [5.41, 5.74) is 0.909. The Morgan fingerprint density at radius 3 is 2.64 bits per heavy atom. The van der Waals surface area contributed by atoms with E-state index in [0.717, 1.165) is 0 Å². The molecule has 0 unspecified atom stereocenters. The summed E-state index contributed by atoms with van der Waals surface area (Å²) in [4.78, 5) is 22.1. The standard InChI is InChI=1S/C15H15N3O4/c1-16-15(20)10-6-7-12(13(8-10)18(21)22)17-9-11-4-2-3-5-14(11)19/h2-8,17,19H,9H2,1H3,(H,16,20). The molecule has 0 heterocycles. The van der Waals surface area contributed by atoms with Crippen molar-refractivity contribution in [1.29, 1.82) is 0 Å². The van der Waals surface area contributed by atoms with Crippen molar-refractivity contribution in [2.24, 2.45) is 0 Å². The maximum atomic E-state index is 11.5. The first kappa shape index (κ1) is 15.3. The lowest BCUT2D eigenvalue weighted by Gasteiger charge is -2.09. The van der Waals surface area contributed by atoms with Crippen molar-refractivity contribution >= 4 is 17.3 Å². The van der Waals surface area contributed by atoms with Crippen LogP contribution in [0.15, 0.2) is 42.5 Å². The molecule has 0 aliphatic rings. The highest BCUT2D eigenvalue weighted by molar-refractivity contribution is 5.95. The van der Waals surface area contributed by atoms with Gasteiger partial charge >= 0.3 is 0 Å². The minimum atomic E-state index is -0.556. The molecule has 0 saturated heterocycles. The fourth-order valence-electron chi connectivity index (χ4n) is 1.97. The Morgan fingerprint density at radius 1 is 1.27 bits per heavy atom. The molecular formula is C15H15N3O4. The molecule has 2 aromatic carbocycles. The first-order chi connectivity index (χ1) is 10.5. The number of rotatable bonds is 5. The molecular weight excluding hydrogens is 286 g/mol. The Morgan fingerprint density at radius 2 is 2.00 bits per heavy atom. The van der Waals surface area contributed by atoms with E-state index < -0.39 is 10.8 Å². The van der Waals surface area contributed by atoms with Crippen molar-refractivity contribution in [2.45, 2.75) is 6.54 Å². The molecule has 7 heteroatoms. The lowest BCUT2D eigenvalue weighted by atomic mass is 10.1. The first-order valence-corrected chi connectivity index (χ1v) is 6.54. The SMILES string of the molecule is CNC(=O)c1ccc(NCc2ccccc2O)c([N+](=O)[O-])c1. The van der Waals surface area contributed by atoms with Crippen LogP contribution in [0.2, 0.25) is 0 Å². The van der Waals surface area contributed by atoms with Gasteiger partial charge in [-0.2, -0.15) is 0 Å². The van der Waals surface area contributed by atoms with E-state index in [1.807, 2.05) is 0 Å². The maximum Gasteiger partial charge on any atom is 0.293 e. The molecule has 0 aliphatic heterocycles. The van der Waals surface area contributed by atoms with E-state index in [-0.39, 0.29) is 29.2 Å². The van der Waals surface area contributed by atoms with Gasteiger partial charge in [0.1, 0.15) is 11.4 Å². The zero-order chi connectivity index (χ0) is 16.1. The summed E-state index contributed by atoms with van der Waals surface area (Å²) >= 11 is 0. The number of phenols is 1. The fourth-order valence-corrected chi connectivity index (χ4v) is 1.97. The number of aromatic hydroxyl groups is 1. The van der Waals surface area contributed by atoms with Crippen LogP contribution in [-0.4, -0.2) is 23.0 Å². The predicted molar refractivity (Wildman–Crippen MR) is 81.9 cm³/mol. The van der Waals surface area contributed by atoms with Crippen LogP contribution in [0.1, 0.15) is 15.9 Å². The molecule has 114 valence electrons. The summed E-state index contributed by atoms with van der Waals surface area (Å²) in [6, 6.07) is 10.9. The fraction of sp³-hybridized carbons (Fsp3) is 0.133. The van der Waals surface area contributed by atoms with E-state index >= 15 is 0 Å². The van der Waals surface area contributed by atoms with E-state index in [1.165, 1.54) is 25.2 Å². The van der Waals surface area contributed by atoms with Crippen molar-refractivity contribution in [3.8, 4) is 5.75 Å². The third kappa shape index (κ3) is 3.32. The van der Waals surface area contributed by atoms with Gasteiger partial charge in [-0.25, -0.2) is 0 Å². The number of nitrogens with one attached hydrogen (secondary N) is 2. The lowest BCUT2D eigenvalue weighted by Crippen LogP contribution is -2.18. The second kappa shape index (κ2) is 6.57. The van der Waals surface area contributed by atoms with Gasteiger partial charge in [-0.3, -0.25) is 14.9 Å². The third-order valence-electron chi connectivity index (χ3n) is 3.14. The molecule has 0 bridgehead atoms. The molecule has 0 aliphatic carbocycles. The molecule has 2 rings (SSSR count). The van der Waals surface area contributed by atoms with Crippen LogP contribution in [0.25, 0.3) is 0 Å². The molecule has 22 heavy (non-hydrogen) atoms. The summed E-state index contributed by atoms with van der Waals surface area (Å²) in [6.07, 6.45) is 0. The number of hydrogen-bond donors (Lipinski definition) is 3. The number of carbonyl (C=O) groups is 1. The van der Waals surface area contributed by atoms with Crippen LogP contribution >= 0.6 is 0 Å². The summed E-state index contributed by atoms with van der Waals surface area (Å²) < 4.78 is 0. The van der Waals surface area contributed by atoms with Gasteiger partial charge in [0.15, 0.2) is 0 Å². The van der Waals surface area contributed by atoms with Gasteiger partial charge < -0.3 is 15.7 Å². The van der Waals surface area contributed by atoms with Crippen LogP contribution in [0.5, 0.6) is 5.75 Å². The highest BCUT2D eigenvalue weighted by Crippen LogP contribution is 2.27. The largest absolute Gasteiger partial charge is 0.508 e. The van der Waals surface area contributed by atoms with E-state index in [9.17, 15) is 20.0 Å². The van der Waals surface area contributed by atoms with Crippen molar-refractivity contribution < 1.29 is 14.8 Å². The molecule has 7 nitrogen and oxygen atoms in total. The maximum absolute atomic E-state index is 11.5. The summed E-state index contributed by atoms with van der Waals surface area (Å²) in [6.45, 7) is 0.229. The van der Waals surface area contributed by atoms with Crippen LogP contribution < -0.4 is 10.6 Å². The van der Waals surface area contributed by atoms with Gasteiger partial charge in [-0.15, -0.1) is 0 Å². The molecule has 0 aromatic heterocycles. The highest BCUT2D eigenvalue weighted by Gasteiger charge is 2.17. The molecule has 1 amide bonds. The van der Waals surface area contributed by atoms with E-state index in [0.29, 0.717) is 5.56 Å². The second-order valence-corrected chi connectivity index (χ2v) is 4.55. The molecule has 3 N–H and O–H groups in total. The molecule has 2 aromatic rings. The van der Waals surface area contributed by atoms with Gasteiger partial charge in [0.2, 0.25) is 0 Å². The van der Waals surface area contributed by atoms with Crippen LogP contribution in [-0.2, 0) is 6.54 Å². The predicted octanol–water partition coefficient (Wildman–Crippen LogP) is 2.27. The monoisotopic (exact) mass is 301 g/mol. The van der Waals surface area contributed by atoms with Crippen LogP contribution in [0, 0.1) is 10.1 Å². The smallest absolute Gasteiger partial charge is 0.293 e. The second-order valence-electron chi connectivity index (χ2n) is 4.55. The molecule has 0 radical (unpaired) electrons. The topological polar surface area (TPSA) is 104 Å². The number of amides is 1. The minimum Gasteiger partial charge on any atom is -0.508 e. The minimum absolute atomic E-state index is 0.111. The van der Waals surface area contributed by atoms with Crippen molar-refractivity contribution in [3.63, 3.8) is 0 Å². The Labute approximate surface area is 126 Å². The third-order valence-corrected chi connectivity index (χ3v) is 3.14. The number of nitro benzene ring substituents is 1. The Hall–Kier alpha value is -3.09. The van der Waals surface area contributed by atoms with Gasteiger partial charge in [-0.05, 0) is 18.2 Å². The summed E-state index contributed by atoms with van der Waals surface area (Å²) in [5.74, 6) is -0.282. The molecule has 0 spiro atoms. The normalized spacial score (nSPS) is 10.0. The van der Waals surface area contributed by atoms with Gasteiger partial charge in [0.05, 0.1) is 4.92 Å². The highest BCUT2D eigenvalue weighted by atomic mass is 16.6. The number of anilines is 1. The summed E-state index contributed by atoms with van der Waals surface area (Å²) in [5, 5.41) is 26.2. The summed E-state index contributed by atoms with van der Waals surface area (Å²) in [7, 11) is 1.46. The number of phenolic OH excluding ortho intramolecular Hbond substituents is 1. The zero-order valence-electron chi connectivity index (χ0n) is 11.9. The van der Waals surface area contributed by atoms with Crippen molar-refractivity contribution in [3.05, 3.63) is 63.7 Å². The number of nitro groups is 1. The van der Waals surface area contributed by atoms with Crippen molar-refractivity contribution in [2.75, 3.05) is 12.4 Å². The first-order valence-electron chi connectivity index (χ1n) is 6.54. The van der Waals surface area contributed by atoms with Gasteiger partial charge in [0.25, 0.3) is 11.6 Å². The number of nitrogens with zero attached hydrogens (tertiary/aromatic N) is 1. The Bertz CT molecular complexity index is 716. The molecule has 0 atom stereocenters. The zero-order valence-corrected chi connectivity index (χ0v) is 11.9. The van der Waals surface area contributed by atoms with E-state index in [4.69, 9.17) is 0 Å². The number of benzene rings is 2. The average Bonchev–Trinajstić information content (AvgIpc) is 2.53. The average molecular weight is 301 g/mol. The number of hydrogen-bond acceptors (Lipinski definition) is 5. The van der Waals surface area contributed by atoms with E-state index in [1.54, 1.807) is 24.3 Å². The number of para-hydroxylation sites is 1. The lowest BCUT2D eigenvalue weighted by molar-refractivity contribution is -0.384. The van der Waals surface area contributed by atoms with Crippen LogP contribution in [0.3, 0.4) is 0 Å². The van der Waals surface area contributed by atoms with Gasteiger partial charge in [-0.1, -0.05) is 18.2 Å². The van der Waals surface area contributed by atoms with Gasteiger partial charge in [0, 0.05) is 30.8 Å². The Balaban J connectivity index is 2.25. The van der Waals surface area contributed by atoms with Crippen molar-refractivity contribution in [1.82, 2.24) is 5.32 Å².